The summed E-state index contributed by atoms with van der Waals surface area (Å²) < 4.78 is 42.9. The van der Waals surface area contributed by atoms with Crippen LogP contribution in [0.2, 0.25) is 0 Å². The molecule has 1 aliphatic heterocycles. The molecule has 198 valence electrons. The summed E-state index contributed by atoms with van der Waals surface area (Å²) in [7, 11) is 0. The fraction of sp³-hybridized carbons (Fsp3) is 0.519. The molecule has 2 aromatic carbocycles. The fourth-order valence-corrected chi connectivity index (χ4v) is 4.66. The Kier molecular flexibility index (Phi) is 9.03. The Morgan fingerprint density at radius 3 is 2.31 bits per heavy atom. The minimum Gasteiger partial charge on any atom is -0.393 e. The van der Waals surface area contributed by atoms with Crippen molar-refractivity contribution in [1.29, 1.82) is 0 Å². The molecule has 36 heavy (non-hydrogen) atoms. The lowest BCUT2D eigenvalue weighted by Crippen LogP contribution is -2.71. The van der Waals surface area contributed by atoms with Crippen LogP contribution < -0.4 is 10.6 Å². The summed E-state index contributed by atoms with van der Waals surface area (Å²) in [6.07, 6.45) is 2.76. The Labute approximate surface area is 210 Å². The van der Waals surface area contributed by atoms with Crippen molar-refractivity contribution in [3.05, 3.63) is 58.9 Å². The van der Waals surface area contributed by atoms with Crippen LogP contribution in [0.4, 0.5) is 24.5 Å². The third-order valence-electron chi connectivity index (χ3n) is 6.91. The Morgan fingerprint density at radius 2 is 1.69 bits per heavy atom. The average molecular weight is 508 g/mol. The van der Waals surface area contributed by atoms with Crippen molar-refractivity contribution < 1.29 is 28.2 Å². The van der Waals surface area contributed by atoms with Crippen molar-refractivity contribution in [2.75, 3.05) is 18.4 Å². The zero-order valence-corrected chi connectivity index (χ0v) is 21.2. The van der Waals surface area contributed by atoms with Gasteiger partial charge in [-0.15, -0.1) is 0 Å². The lowest BCUT2D eigenvalue weighted by atomic mass is 9.84. The first-order valence-corrected chi connectivity index (χ1v) is 12.5. The van der Waals surface area contributed by atoms with E-state index >= 15 is 0 Å². The largest absolute Gasteiger partial charge is 0.393 e. The maximum absolute atomic E-state index is 14.7. The molecule has 4 N–H and O–H groups in total. The van der Waals surface area contributed by atoms with Crippen LogP contribution in [-0.4, -0.2) is 57.9 Å². The molecule has 4 rings (SSSR count). The molecule has 1 saturated heterocycles. The lowest BCUT2D eigenvalue weighted by Gasteiger charge is -2.50. The first-order chi connectivity index (χ1) is 17.1. The van der Waals surface area contributed by atoms with Gasteiger partial charge in [-0.05, 0) is 69.4 Å². The van der Waals surface area contributed by atoms with Crippen molar-refractivity contribution in [3.8, 4) is 0 Å². The minimum atomic E-state index is -1.28. The number of likely N-dealkylation sites (tertiary alicyclic amines) is 1. The van der Waals surface area contributed by atoms with Gasteiger partial charge < -0.3 is 25.7 Å². The van der Waals surface area contributed by atoms with Crippen LogP contribution >= 0.6 is 0 Å². The van der Waals surface area contributed by atoms with Gasteiger partial charge in [0.2, 0.25) is 0 Å². The summed E-state index contributed by atoms with van der Waals surface area (Å²) in [5.74, 6) is -3.69. The van der Waals surface area contributed by atoms with Crippen molar-refractivity contribution >= 4 is 17.3 Å². The number of halogens is 3. The molecule has 0 aromatic heterocycles. The lowest BCUT2D eigenvalue weighted by molar-refractivity contribution is -0.103. The topological polar surface area (TPSA) is 84.8 Å². The zero-order valence-electron chi connectivity index (χ0n) is 21.2. The van der Waals surface area contributed by atoms with E-state index in [1.54, 1.807) is 13.0 Å². The highest BCUT2D eigenvalue weighted by Crippen LogP contribution is 2.33. The van der Waals surface area contributed by atoms with Gasteiger partial charge in [0.1, 0.15) is 11.4 Å². The van der Waals surface area contributed by atoms with Gasteiger partial charge in [-0.3, -0.25) is 4.79 Å². The third kappa shape index (κ3) is 6.02. The molecule has 0 bridgehead atoms. The molecule has 1 atom stereocenters. The second-order valence-electron chi connectivity index (χ2n) is 9.55. The standard InChI is InChI=1S/C25H30F3N3O3.C2H6/c1-14-3-10-21(20(27)11-14)30-23-18(8-9-19(26)22(23)28)24(33)31-12-25(34,13-31)15(2)29-16-4-6-17(32)7-5-16;1-2/h3,8-11,15-17,29-30,32,34H,4-7,12-13H2,1-2H3;1-2H3. The number of hydrogen-bond donors (Lipinski definition) is 4. The van der Waals surface area contributed by atoms with Gasteiger partial charge in [-0.25, -0.2) is 13.2 Å². The van der Waals surface area contributed by atoms with Gasteiger partial charge in [0.15, 0.2) is 11.6 Å². The first-order valence-electron chi connectivity index (χ1n) is 12.5. The zero-order chi connectivity index (χ0) is 26.6. The smallest absolute Gasteiger partial charge is 0.256 e. The molecule has 1 aliphatic carbocycles. The second-order valence-corrected chi connectivity index (χ2v) is 9.55. The molecule has 1 saturated carbocycles. The summed E-state index contributed by atoms with van der Waals surface area (Å²) in [5.41, 5.74) is -1.19. The van der Waals surface area contributed by atoms with Crippen LogP contribution in [0.1, 0.15) is 62.4 Å². The van der Waals surface area contributed by atoms with Crippen molar-refractivity contribution in [3.63, 3.8) is 0 Å². The number of nitrogens with zero attached hydrogens (tertiary/aromatic N) is 1. The predicted molar refractivity (Wildman–Crippen MR) is 134 cm³/mol. The monoisotopic (exact) mass is 507 g/mol. The van der Waals surface area contributed by atoms with E-state index in [1.165, 1.54) is 17.0 Å². The van der Waals surface area contributed by atoms with Crippen LogP contribution in [0, 0.1) is 24.4 Å². The Bertz CT molecular complexity index is 1070. The second kappa shape index (κ2) is 11.6. The highest BCUT2D eigenvalue weighted by molar-refractivity contribution is 6.01. The molecule has 0 spiro atoms. The van der Waals surface area contributed by atoms with Gasteiger partial charge in [0.05, 0.1) is 36.1 Å². The number of aliphatic hydroxyl groups excluding tert-OH is 1. The van der Waals surface area contributed by atoms with Crippen LogP contribution in [0.5, 0.6) is 0 Å². The van der Waals surface area contributed by atoms with E-state index in [0.717, 1.165) is 25.0 Å². The molecule has 1 unspecified atom stereocenters. The SMILES string of the molecule is CC.Cc1ccc(Nc2c(C(=O)N3CC(O)(C(C)NC4CCC(O)CC4)C3)ccc(F)c2F)c(F)c1. The number of carbonyl (C=O) groups excluding carboxylic acids is 1. The average Bonchev–Trinajstić information content (AvgIpc) is 2.83. The van der Waals surface area contributed by atoms with Crippen molar-refractivity contribution in [2.24, 2.45) is 0 Å². The summed E-state index contributed by atoms with van der Waals surface area (Å²) >= 11 is 0. The summed E-state index contributed by atoms with van der Waals surface area (Å²) in [5, 5.41) is 26.6. The Balaban J connectivity index is 0.00000176. The molecular formula is C27H36F3N3O3. The van der Waals surface area contributed by atoms with Crippen molar-refractivity contribution in [2.45, 2.75) is 77.2 Å². The quantitative estimate of drug-likeness (QED) is 0.458. The molecule has 2 aromatic rings. The summed E-state index contributed by atoms with van der Waals surface area (Å²) in [4.78, 5) is 14.5. The number of anilines is 2. The number of aliphatic hydroxyl groups is 2. The van der Waals surface area contributed by atoms with Gasteiger partial charge in [-0.2, -0.15) is 0 Å². The number of amides is 1. The normalized spacial score (nSPS) is 21.6. The highest BCUT2D eigenvalue weighted by atomic mass is 19.2. The van der Waals surface area contributed by atoms with Gasteiger partial charge in [0, 0.05) is 12.1 Å². The van der Waals surface area contributed by atoms with E-state index in [0.29, 0.717) is 18.4 Å². The fourth-order valence-electron chi connectivity index (χ4n) is 4.66. The van der Waals surface area contributed by atoms with E-state index in [9.17, 15) is 28.2 Å². The number of carbonyl (C=O) groups is 1. The van der Waals surface area contributed by atoms with Crippen LogP contribution in [0.15, 0.2) is 30.3 Å². The Hall–Kier alpha value is -2.62. The molecule has 2 aliphatic rings. The van der Waals surface area contributed by atoms with E-state index < -0.39 is 34.6 Å². The molecule has 9 heteroatoms. The molecule has 6 nitrogen and oxygen atoms in total. The molecular weight excluding hydrogens is 471 g/mol. The van der Waals surface area contributed by atoms with Crippen LogP contribution in [0.3, 0.4) is 0 Å². The van der Waals surface area contributed by atoms with E-state index in [4.69, 9.17) is 0 Å². The number of aryl methyl sites for hydroxylation is 1. The third-order valence-corrected chi connectivity index (χ3v) is 6.91. The molecule has 2 fully saturated rings. The van der Waals surface area contributed by atoms with Crippen LogP contribution in [-0.2, 0) is 0 Å². The number of β-amino-alcohol motifs (C(OH)–C–C–N with tert-alkyl or cyclic N) is 1. The highest BCUT2D eigenvalue weighted by Gasteiger charge is 2.48. The maximum atomic E-state index is 14.7. The van der Waals surface area contributed by atoms with E-state index in [-0.39, 0.29) is 42.5 Å². The number of rotatable bonds is 6. The summed E-state index contributed by atoms with van der Waals surface area (Å²) in [6, 6.07) is 6.14. The maximum Gasteiger partial charge on any atom is 0.256 e. The van der Waals surface area contributed by atoms with E-state index in [2.05, 4.69) is 10.6 Å². The van der Waals surface area contributed by atoms with E-state index in [1.807, 2.05) is 20.8 Å². The summed E-state index contributed by atoms with van der Waals surface area (Å²) in [6.45, 7) is 7.58. The molecule has 0 radical (unpaired) electrons. The van der Waals surface area contributed by atoms with Crippen molar-refractivity contribution in [1.82, 2.24) is 10.2 Å². The van der Waals surface area contributed by atoms with Gasteiger partial charge >= 0.3 is 0 Å². The number of benzene rings is 2. The molecule has 1 heterocycles. The first kappa shape index (κ1) is 28.0. The minimum absolute atomic E-state index is 0.0205. The van der Waals surface area contributed by atoms with Gasteiger partial charge in [0.25, 0.3) is 5.91 Å². The number of hydrogen-bond acceptors (Lipinski definition) is 5. The molecule has 1 amide bonds. The van der Waals surface area contributed by atoms with Gasteiger partial charge in [-0.1, -0.05) is 19.9 Å². The predicted octanol–water partition coefficient (Wildman–Crippen LogP) is 4.65. The number of nitrogens with one attached hydrogen (secondary N) is 2. The van der Waals surface area contributed by atoms with Crippen LogP contribution in [0.25, 0.3) is 0 Å². The Morgan fingerprint density at radius 1 is 1.06 bits per heavy atom.